The summed E-state index contributed by atoms with van der Waals surface area (Å²) < 4.78 is 30.1. The highest BCUT2D eigenvalue weighted by Gasteiger charge is 2.13. The third-order valence-electron chi connectivity index (χ3n) is 3.57. The van der Waals surface area contributed by atoms with Crippen molar-refractivity contribution in [1.82, 2.24) is 4.72 Å². The number of phenolic OH excluding ortho intramolecular Hbond substituents is 1. The average Bonchev–Trinajstić information content (AvgIpc) is 2.44. The van der Waals surface area contributed by atoms with Gasteiger partial charge in [0.15, 0.2) is 0 Å². The van der Waals surface area contributed by atoms with Gasteiger partial charge in [-0.05, 0) is 61.2 Å². The van der Waals surface area contributed by atoms with E-state index in [0.717, 1.165) is 17.4 Å². The fraction of sp³-hybridized carbons (Fsp3) is 0.278. The normalized spacial score (nSPS) is 11.2. The molecule has 1 amide bonds. The highest BCUT2D eigenvalue weighted by molar-refractivity contribution is 7.89. The van der Waals surface area contributed by atoms with Crippen LogP contribution in [-0.4, -0.2) is 25.7 Å². The fourth-order valence-electron chi connectivity index (χ4n) is 2.54. The van der Waals surface area contributed by atoms with Crippen molar-refractivity contribution in [2.75, 3.05) is 6.26 Å². The molecule has 2 aromatic rings. The van der Waals surface area contributed by atoms with E-state index in [2.05, 4.69) is 0 Å². The first-order chi connectivity index (χ1) is 11.5. The molecule has 0 unspecified atom stereocenters. The number of nitrogens with one attached hydrogen (secondary N) is 1. The minimum Gasteiger partial charge on any atom is -0.508 e. The van der Waals surface area contributed by atoms with E-state index in [1.165, 1.54) is 0 Å². The SMILES string of the molecule is Cc1cc(Oc2c(C)cc(CC(=O)NS(C)(=O)=O)cc2C)ccc1O. The van der Waals surface area contributed by atoms with E-state index in [0.29, 0.717) is 22.6 Å². The van der Waals surface area contributed by atoms with E-state index in [9.17, 15) is 18.3 Å². The molecule has 25 heavy (non-hydrogen) atoms. The quantitative estimate of drug-likeness (QED) is 0.852. The van der Waals surface area contributed by atoms with Crippen LogP contribution in [0, 0.1) is 20.8 Å². The Bertz CT molecular complexity index is 896. The number of rotatable bonds is 5. The molecule has 6 nitrogen and oxygen atoms in total. The van der Waals surface area contributed by atoms with Gasteiger partial charge in [0.2, 0.25) is 15.9 Å². The summed E-state index contributed by atoms with van der Waals surface area (Å²) >= 11 is 0. The molecule has 2 N–H and O–H groups in total. The summed E-state index contributed by atoms with van der Waals surface area (Å²) in [6.07, 6.45) is 0.908. The molecule has 0 atom stereocenters. The standard InChI is InChI=1S/C18H21NO5S/c1-11-9-15(5-6-16(11)20)24-18-12(2)7-14(8-13(18)3)10-17(21)19-25(4,22)23/h5-9,20H,10H2,1-4H3,(H,19,21). The first-order valence-electron chi connectivity index (χ1n) is 7.63. The average molecular weight is 363 g/mol. The lowest BCUT2D eigenvalue weighted by Gasteiger charge is -2.14. The van der Waals surface area contributed by atoms with Gasteiger partial charge >= 0.3 is 0 Å². The van der Waals surface area contributed by atoms with Crippen LogP contribution in [0.3, 0.4) is 0 Å². The second-order valence-electron chi connectivity index (χ2n) is 6.08. The summed E-state index contributed by atoms with van der Waals surface area (Å²) in [5.41, 5.74) is 3.06. The zero-order chi connectivity index (χ0) is 18.8. The van der Waals surface area contributed by atoms with Crippen molar-refractivity contribution >= 4 is 15.9 Å². The Morgan fingerprint density at radius 3 is 2.20 bits per heavy atom. The monoisotopic (exact) mass is 363 g/mol. The van der Waals surface area contributed by atoms with Crippen LogP contribution in [0.5, 0.6) is 17.2 Å². The fourth-order valence-corrected chi connectivity index (χ4v) is 3.03. The molecule has 7 heteroatoms. The predicted octanol–water partition coefficient (Wildman–Crippen LogP) is 2.73. The van der Waals surface area contributed by atoms with Gasteiger partial charge < -0.3 is 9.84 Å². The first-order valence-corrected chi connectivity index (χ1v) is 9.52. The van der Waals surface area contributed by atoms with Gasteiger partial charge in [0.25, 0.3) is 0 Å². The van der Waals surface area contributed by atoms with Crippen LogP contribution in [0.1, 0.15) is 22.3 Å². The molecule has 0 fully saturated rings. The number of sulfonamides is 1. The third-order valence-corrected chi connectivity index (χ3v) is 4.17. The van der Waals surface area contributed by atoms with Crippen LogP contribution in [0.2, 0.25) is 0 Å². The Morgan fingerprint density at radius 2 is 1.68 bits per heavy atom. The van der Waals surface area contributed by atoms with Crippen LogP contribution in [0.25, 0.3) is 0 Å². The van der Waals surface area contributed by atoms with E-state index in [-0.39, 0.29) is 12.2 Å². The molecule has 0 saturated heterocycles. The number of carbonyl (C=O) groups is 1. The summed E-state index contributed by atoms with van der Waals surface area (Å²) in [7, 11) is -3.56. The van der Waals surface area contributed by atoms with Gasteiger partial charge in [0.1, 0.15) is 17.2 Å². The third kappa shape index (κ3) is 5.22. The van der Waals surface area contributed by atoms with Crippen molar-refractivity contribution in [3.8, 4) is 17.2 Å². The molecule has 0 aliphatic heterocycles. The molecule has 0 aliphatic carbocycles. The van der Waals surface area contributed by atoms with E-state index < -0.39 is 15.9 Å². The Morgan fingerprint density at radius 1 is 1.08 bits per heavy atom. The molecule has 0 radical (unpaired) electrons. The number of hydrogen-bond acceptors (Lipinski definition) is 5. The van der Waals surface area contributed by atoms with Gasteiger partial charge in [-0.15, -0.1) is 0 Å². The van der Waals surface area contributed by atoms with Gasteiger partial charge in [0, 0.05) is 0 Å². The number of aromatic hydroxyl groups is 1. The number of carbonyl (C=O) groups excluding carboxylic acids is 1. The Balaban J connectivity index is 2.22. The van der Waals surface area contributed by atoms with Crippen molar-refractivity contribution in [2.24, 2.45) is 0 Å². The Hall–Kier alpha value is -2.54. The highest BCUT2D eigenvalue weighted by Crippen LogP contribution is 2.32. The van der Waals surface area contributed by atoms with Crippen molar-refractivity contribution in [1.29, 1.82) is 0 Å². The smallest absolute Gasteiger partial charge is 0.237 e. The van der Waals surface area contributed by atoms with Gasteiger partial charge in [-0.3, -0.25) is 9.52 Å². The molecule has 2 rings (SSSR count). The second-order valence-corrected chi connectivity index (χ2v) is 7.83. The summed E-state index contributed by atoms with van der Waals surface area (Å²) in [5, 5.41) is 9.58. The van der Waals surface area contributed by atoms with E-state index >= 15 is 0 Å². The van der Waals surface area contributed by atoms with Gasteiger partial charge in [0.05, 0.1) is 12.7 Å². The van der Waals surface area contributed by atoms with Crippen LogP contribution >= 0.6 is 0 Å². The molecular weight excluding hydrogens is 342 g/mol. The molecular formula is C18H21NO5S. The Labute approximate surface area is 147 Å². The van der Waals surface area contributed by atoms with Crippen molar-refractivity contribution in [3.05, 3.63) is 52.6 Å². The number of ether oxygens (including phenoxy) is 1. The van der Waals surface area contributed by atoms with Crippen molar-refractivity contribution in [2.45, 2.75) is 27.2 Å². The van der Waals surface area contributed by atoms with E-state index in [4.69, 9.17) is 4.74 Å². The molecule has 0 aromatic heterocycles. The van der Waals surface area contributed by atoms with Crippen molar-refractivity contribution in [3.63, 3.8) is 0 Å². The summed E-state index contributed by atoms with van der Waals surface area (Å²) in [5.74, 6) is 0.888. The number of amides is 1. The lowest BCUT2D eigenvalue weighted by Crippen LogP contribution is -2.30. The predicted molar refractivity (Wildman–Crippen MR) is 95.5 cm³/mol. The lowest BCUT2D eigenvalue weighted by molar-refractivity contribution is -0.118. The molecule has 0 aliphatic rings. The topological polar surface area (TPSA) is 92.7 Å². The van der Waals surface area contributed by atoms with Gasteiger partial charge in [-0.2, -0.15) is 0 Å². The maximum atomic E-state index is 11.8. The molecule has 0 bridgehead atoms. The minimum atomic E-state index is -3.56. The lowest BCUT2D eigenvalue weighted by atomic mass is 10.0. The number of benzene rings is 2. The highest BCUT2D eigenvalue weighted by atomic mass is 32.2. The van der Waals surface area contributed by atoms with Crippen LogP contribution in [0.15, 0.2) is 30.3 Å². The minimum absolute atomic E-state index is 0.0344. The number of hydrogen-bond donors (Lipinski definition) is 2. The maximum Gasteiger partial charge on any atom is 0.237 e. The van der Waals surface area contributed by atoms with Gasteiger partial charge in [-0.1, -0.05) is 12.1 Å². The number of aryl methyl sites for hydroxylation is 3. The molecule has 134 valence electrons. The summed E-state index contributed by atoms with van der Waals surface area (Å²) in [4.78, 5) is 11.8. The molecule has 0 saturated carbocycles. The molecule has 0 spiro atoms. The first kappa shape index (κ1) is 18.8. The summed E-state index contributed by atoms with van der Waals surface area (Å²) in [6, 6.07) is 8.56. The van der Waals surface area contributed by atoms with Crippen LogP contribution in [0.4, 0.5) is 0 Å². The number of phenols is 1. The Kier molecular flexibility index (Phi) is 5.37. The van der Waals surface area contributed by atoms with Crippen LogP contribution in [-0.2, 0) is 21.2 Å². The summed E-state index contributed by atoms with van der Waals surface area (Å²) in [6.45, 7) is 5.49. The zero-order valence-corrected chi connectivity index (χ0v) is 15.4. The maximum absolute atomic E-state index is 11.8. The second kappa shape index (κ2) is 7.14. The largest absolute Gasteiger partial charge is 0.508 e. The molecule has 2 aromatic carbocycles. The van der Waals surface area contributed by atoms with Crippen LogP contribution < -0.4 is 9.46 Å². The van der Waals surface area contributed by atoms with Gasteiger partial charge in [-0.25, -0.2) is 8.42 Å². The van der Waals surface area contributed by atoms with Crippen molar-refractivity contribution < 1.29 is 23.1 Å². The van der Waals surface area contributed by atoms with E-state index in [1.807, 2.05) is 18.6 Å². The zero-order valence-electron chi connectivity index (χ0n) is 14.6. The van der Waals surface area contributed by atoms with E-state index in [1.54, 1.807) is 37.3 Å². The molecule has 0 heterocycles.